The van der Waals surface area contributed by atoms with Crippen LogP contribution in [0.1, 0.15) is 68.5 Å². The Labute approximate surface area is 204 Å². The standard InChI is InChI=1S/C28H29N5O2/c1-15-10-18(11-15)34-27-20-8-9-21-16(2)24-17(13-31-35-24)12-28(21,3)25(20)32-26(33-27)23-19-6-4-5-7-22(19)29-14-30-23/h4-7,13-16,18,21H,8-12H2,1-3H3/t15?,16-,18?,21-,28-/m1/s1. The molecule has 7 nitrogen and oxygen atoms in total. The molecule has 3 atom stereocenters. The van der Waals surface area contributed by atoms with Crippen molar-refractivity contribution in [3.8, 4) is 17.4 Å². The number of rotatable bonds is 3. The molecule has 3 heterocycles. The van der Waals surface area contributed by atoms with Crippen molar-refractivity contribution in [1.29, 1.82) is 0 Å². The molecule has 0 amide bonds. The highest BCUT2D eigenvalue weighted by atomic mass is 16.5. The molecule has 7 heteroatoms. The van der Waals surface area contributed by atoms with Gasteiger partial charge in [-0.1, -0.05) is 44.1 Å². The average molecular weight is 468 g/mol. The molecular weight excluding hydrogens is 438 g/mol. The largest absolute Gasteiger partial charge is 0.474 e. The van der Waals surface area contributed by atoms with Crippen molar-refractivity contribution in [3.63, 3.8) is 0 Å². The van der Waals surface area contributed by atoms with Gasteiger partial charge in [-0.3, -0.25) is 0 Å². The fraction of sp³-hybridized carbons (Fsp3) is 0.464. The van der Waals surface area contributed by atoms with Gasteiger partial charge in [-0.2, -0.15) is 4.98 Å². The van der Waals surface area contributed by atoms with Crippen molar-refractivity contribution in [3.05, 3.63) is 59.4 Å². The number of fused-ring (bicyclic) bond motifs is 5. The summed E-state index contributed by atoms with van der Waals surface area (Å²) in [6, 6.07) is 8.04. The van der Waals surface area contributed by atoms with Crippen LogP contribution in [0, 0.1) is 11.8 Å². The van der Waals surface area contributed by atoms with Gasteiger partial charge in [0.25, 0.3) is 0 Å². The number of nitrogens with zero attached hydrogens (tertiary/aromatic N) is 5. The van der Waals surface area contributed by atoms with Crippen LogP contribution in [0.2, 0.25) is 0 Å². The SMILES string of the molecule is CC1CC(Oc2nc(-c3ncnc4ccccc34)nc3c2CC[C@@H]2[C@@H](C)c4oncc4C[C@@]32C)C1. The summed E-state index contributed by atoms with van der Waals surface area (Å²) >= 11 is 0. The van der Waals surface area contributed by atoms with Crippen molar-refractivity contribution in [2.45, 2.75) is 70.3 Å². The smallest absolute Gasteiger partial charge is 0.220 e. The molecule has 7 rings (SSSR count). The Kier molecular flexibility index (Phi) is 4.54. The molecule has 0 spiro atoms. The Morgan fingerprint density at radius 3 is 2.80 bits per heavy atom. The molecule has 1 fully saturated rings. The van der Waals surface area contributed by atoms with Crippen LogP contribution >= 0.6 is 0 Å². The van der Waals surface area contributed by atoms with Crippen molar-refractivity contribution in [2.75, 3.05) is 0 Å². The monoisotopic (exact) mass is 467 g/mol. The first-order valence-electron chi connectivity index (χ1n) is 12.7. The summed E-state index contributed by atoms with van der Waals surface area (Å²) in [5, 5.41) is 5.08. The average Bonchev–Trinajstić information content (AvgIpc) is 3.31. The summed E-state index contributed by atoms with van der Waals surface area (Å²) < 4.78 is 12.2. The van der Waals surface area contributed by atoms with Gasteiger partial charge in [0, 0.05) is 27.8 Å². The Hall–Kier alpha value is -3.35. The Morgan fingerprint density at radius 1 is 1.09 bits per heavy atom. The third-order valence-electron chi connectivity index (χ3n) is 8.65. The highest BCUT2D eigenvalue weighted by Gasteiger charge is 2.51. The van der Waals surface area contributed by atoms with E-state index in [4.69, 9.17) is 19.2 Å². The first-order valence-corrected chi connectivity index (χ1v) is 12.7. The molecule has 0 radical (unpaired) electrons. The van der Waals surface area contributed by atoms with Crippen LogP contribution in [0.3, 0.4) is 0 Å². The molecule has 35 heavy (non-hydrogen) atoms. The number of aromatic nitrogens is 5. The number of benzene rings is 1. The molecule has 0 N–H and O–H groups in total. The normalized spacial score (nSPS) is 29.1. The zero-order valence-corrected chi connectivity index (χ0v) is 20.4. The molecule has 3 aliphatic rings. The predicted molar refractivity (Wildman–Crippen MR) is 131 cm³/mol. The molecular formula is C28H29N5O2. The Morgan fingerprint density at radius 2 is 1.94 bits per heavy atom. The van der Waals surface area contributed by atoms with Crippen LogP contribution in [-0.2, 0) is 18.3 Å². The summed E-state index contributed by atoms with van der Waals surface area (Å²) in [7, 11) is 0. The number of hydrogen-bond acceptors (Lipinski definition) is 7. The van der Waals surface area contributed by atoms with Crippen molar-refractivity contribution >= 4 is 10.9 Å². The highest BCUT2D eigenvalue weighted by Crippen LogP contribution is 2.54. The minimum absolute atomic E-state index is 0.156. The summed E-state index contributed by atoms with van der Waals surface area (Å²) in [6.45, 7) is 6.90. The zero-order valence-electron chi connectivity index (χ0n) is 20.4. The van der Waals surface area contributed by atoms with Gasteiger partial charge in [0.05, 0.1) is 17.4 Å². The van der Waals surface area contributed by atoms with E-state index in [9.17, 15) is 0 Å². The minimum Gasteiger partial charge on any atom is -0.474 e. The van der Waals surface area contributed by atoms with Gasteiger partial charge in [0.15, 0.2) is 5.82 Å². The lowest BCUT2D eigenvalue weighted by atomic mass is 9.56. The molecule has 0 saturated heterocycles. The second kappa shape index (κ2) is 7.57. The fourth-order valence-electron chi connectivity index (χ4n) is 6.80. The second-order valence-corrected chi connectivity index (χ2v) is 11.0. The van der Waals surface area contributed by atoms with E-state index < -0.39 is 0 Å². The zero-order chi connectivity index (χ0) is 23.7. The van der Waals surface area contributed by atoms with E-state index in [1.54, 1.807) is 6.33 Å². The van der Waals surface area contributed by atoms with Crippen LogP contribution in [0.5, 0.6) is 5.88 Å². The predicted octanol–water partition coefficient (Wildman–Crippen LogP) is 5.43. The van der Waals surface area contributed by atoms with E-state index in [0.717, 1.165) is 71.6 Å². The molecule has 0 aliphatic heterocycles. The van der Waals surface area contributed by atoms with E-state index in [0.29, 0.717) is 17.7 Å². The molecule has 0 bridgehead atoms. The highest BCUT2D eigenvalue weighted by molar-refractivity contribution is 5.90. The number of hydrogen-bond donors (Lipinski definition) is 0. The fourth-order valence-corrected chi connectivity index (χ4v) is 6.80. The Bertz CT molecular complexity index is 1440. The lowest BCUT2D eigenvalue weighted by Gasteiger charge is -2.47. The molecule has 3 aliphatic carbocycles. The van der Waals surface area contributed by atoms with Crippen LogP contribution in [0.4, 0.5) is 0 Å². The van der Waals surface area contributed by atoms with Crippen LogP contribution < -0.4 is 4.74 Å². The van der Waals surface area contributed by atoms with Crippen molar-refractivity contribution in [2.24, 2.45) is 11.8 Å². The van der Waals surface area contributed by atoms with Gasteiger partial charge in [-0.25, -0.2) is 15.0 Å². The lowest BCUT2D eigenvalue weighted by Crippen LogP contribution is -2.45. The summed E-state index contributed by atoms with van der Waals surface area (Å²) in [6.07, 6.45) is 8.68. The number of para-hydroxylation sites is 1. The number of ether oxygens (including phenoxy) is 1. The lowest BCUT2D eigenvalue weighted by molar-refractivity contribution is 0.0667. The molecule has 178 valence electrons. The first-order chi connectivity index (χ1) is 17.0. The molecule has 1 saturated carbocycles. The molecule has 0 unspecified atom stereocenters. The third kappa shape index (κ3) is 3.13. The first kappa shape index (κ1) is 21.0. The van der Waals surface area contributed by atoms with E-state index in [1.807, 2.05) is 30.5 Å². The molecule has 3 aromatic heterocycles. The van der Waals surface area contributed by atoms with Gasteiger partial charge in [-0.15, -0.1) is 0 Å². The van der Waals surface area contributed by atoms with Crippen LogP contribution in [0.15, 0.2) is 41.3 Å². The maximum Gasteiger partial charge on any atom is 0.220 e. The molecule has 1 aromatic carbocycles. The maximum absolute atomic E-state index is 6.57. The van der Waals surface area contributed by atoms with Gasteiger partial charge >= 0.3 is 0 Å². The molecule has 4 aromatic rings. The van der Waals surface area contributed by atoms with Gasteiger partial charge in [-0.05, 0) is 50.0 Å². The minimum atomic E-state index is -0.156. The van der Waals surface area contributed by atoms with Crippen LogP contribution in [-0.4, -0.2) is 31.2 Å². The second-order valence-electron chi connectivity index (χ2n) is 11.0. The topological polar surface area (TPSA) is 86.8 Å². The van der Waals surface area contributed by atoms with E-state index in [1.165, 1.54) is 5.56 Å². The summed E-state index contributed by atoms with van der Waals surface area (Å²) in [5.41, 5.74) is 4.94. The maximum atomic E-state index is 6.57. The van der Waals surface area contributed by atoms with Gasteiger partial charge in [0.2, 0.25) is 5.88 Å². The van der Waals surface area contributed by atoms with Crippen molar-refractivity contribution in [1.82, 2.24) is 25.1 Å². The van der Waals surface area contributed by atoms with E-state index in [2.05, 4.69) is 35.9 Å². The quantitative estimate of drug-likeness (QED) is 0.397. The summed E-state index contributed by atoms with van der Waals surface area (Å²) in [5.74, 6) is 3.80. The third-order valence-corrected chi connectivity index (χ3v) is 8.65. The van der Waals surface area contributed by atoms with Crippen molar-refractivity contribution < 1.29 is 9.26 Å². The van der Waals surface area contributed by atoms with Gasteiger partial charge < -0.3 is 9.26 Å². The van der Waals surface area contributed by atoms with E-state index in [-0.39, 0.29) is 17.4 Å². The van der Waals surface area contributed by atoms with E-state index >= 15 is 0 Å². The summed E-state index contributed by atoms with van der Waals surface area (Å²) in [4.78, 5) is 19.4. The van der Waals surface area contributed by atoms with Crippen LogP contribution in [0.25, 0.3) is 22.4 Å². The Balaban J connectivity index is 1.43. The van der Waals surface area contributed by atoms with Gasteiger partial charge in [0.1, 0.15) is 23.9 Å².